The Morgan fingerprint density at radius 3 is 3.04 bits per heavy atom. The van der Waals surface area contributed by atoms with Crippen molar-refractivity contribution < 1.29 is 4.79 Å². The lowest BCUT2D eigenvalue weighted by Crippen LogP contribution is -2.40. The van der Waals surface area contributed by atoms with Gasteiger partial charge in [-0.25, -0.2) is 4.98 Å². The van der Waals surface area contributed by atoms with E-state index >= 15 is 0 Å². The number of hydrogen-bond acceptors (Lipinski definition) is 6. The Bertz CT molecular complexity index is 702. The quantitative estimate of drug-likeness (QED) is 0.838. The molecule has 1 fully saturated rings. The van der Waals surface area contributed by atoms with Gasteiger partial charge in [-0.2, -0.15) is 4.37 Å². The van der Waals surface area contributed by atoms with E-state index in [2.05, 4.69) is 43.8 Å². The fourth-order valence-corrected chi connectivity index (χ4v) is 3.64. The molecule has 0 aliphatic carbocycles. The van der Waals surface area contributed by atoms with Crippen LogP contribution >= 0.6 is 11.5 Å². The highest BCUT2D eigenvalue weighted by atomic mass is 32.1. The number of piperidine rings is 1. The molecule has 1 amide bonds. The number of nitrogens with zero attached hydrogens (tertiary/aromatic N) is 3. The molecule has 3 rings (SSSR count). The van der Waals surface area contributed by atoms with Crippen molar-refractivity contribution in [2.45, 2.75) is 32.9 Å². The molecule has 3 N–H and O–H groups in total. The third-order valence-corrected chi connectivity index (χ3v) is 5.04. The van der Waals surface area contributed by atoms with Gasteiger partial charge >= 0.3 is 0 Å². The zero-order chi connectivity index (χ0) is 16.9. The highest BCUT2D eigenvalue weighted by Crippen LogP contribution is 2.19. The van der Waals surface area contributed by atoms with Crippen LogP contribution in [0.25, 0.3) is 0 Å². The molecule has 0 bridgehead atoms. The molecule has 128 valence electrons. The number of rotatable bonds is 6. The van der Waals surface area contributed by atoms with Crippen molar-refractivity contribution in [3.05, 3.63) is 41.2 Å². The molecule has 1 aliphatic heterocycles. The second kappa shape index (κ2) is 7.72. The summed E-state index contributed by atoms with van der Waals surface area (Å²) in [7, 11) is 0. The van der Waals surface area contributed by atoms with Crippen LogP contribution in [-0.4, -0.2) is 33.3 Å². The molecule has 24 heavy (non-hydrogen) atoms. The highest BCUT2D eigenvalue weighted by Gasteiger charge is 2.23. The summed E-state index contributed by atoms with van der Waals surface area (Å²) in [5.74, 6) is 0.611. The van der Waals surface area contributed by atoms with E-state index in [-0.39, 0.29) is 11.8 Å². The number of hydrogen-bond donors (Lipinski definition) is 2. The predicted octanol–water partition coefficient (Wildman–Crippen LogP) is 2.16. The highest BCUT2D eigenvalue weighted by molar-refractivity contribution is 7.09. The molecule has 1 unspecified atom stereocenters. The number of benzene rings is 1. The van der Waals surface area contributed by atoms with E-state index in [4.69, 9.17) is 5.73 Å². The molecular formula is C17H23N5OS. The van der Waals surface area contributed by atoms with Crippen LogP contribution in [0.1, 0.15) is 29.8 Å². The maximum atomic E-state index is 11.4. The predicted molar refractivity (Wildman–Crippen MR) is 95.6 cm³/mol. The molecule has 2 heterocycles. The van der Waals surface area contributed by atoms with E-state index in [1.54, 1.807) is 0 Å². The number of likely N-dealkylation sites (tertiary alicyclic amines) is 1. The fraction of sp³-hybridized carbons (Fsp3) is 0.471. The van der Waals surface area contributed by atoms with E-state index in [9.17, 15) is 4.79 Å². The van der Waals surface area contributed by atoms with E-state index in [0.717, 1.165) is 50.0 Å². The molecule has 1 saturated heterocycles. The first-order valence-electron chi connectivity index (χ1n) is 8.24. The van der Waals surface area contributed by atoms with Crippen molar-refractivity contribution in [2.75, 3.05) is 18.4 Å². The lowest BCUT2D eigenvalue weighted by Gasteiger charge is -2.31. The maximum absolute atomic E-state index is 11.4. The van der Waals surface area contributed by atoms with Crippen molar-refractivity contribution in [2.24, 2.45) is 11.7 Å². The Morgan fingerprint density at radius 1 is 1.46 bits per heavy atom. The molecule has 1 atom stereocenters. The third-order valence-electron chi connectivity index (χ3n) is 4.28. The Labute approximate surface area is 146 Å². The number of aryl methyl sites for hydroxylation is 1. The maximum Gasteiger partial charge on any atom is 0.221 e. The zero-order valence-corrected chi connectivity index (χ0v) is 14.7. The van der Waals surface area contributed by atoms with Gasteiger partial charge in [0.2, 0.25) is 11.0 Å². The Balaban J connectivity index is 1.57. The standard InChI is InChI=1S/C17H23N5OS/c1-12-20-17(24-21-12)19-9-13-4-2-5-14(8-13)10-22-7-3-6-15(11-22)16(18)23/h2,4-5,8,15H,3,6-7,9-11H2,1H3,(H2,18,23)(H,19,20,21). The molecule has 1 aromatic carbocycles. The van der Waals surface area contributed by atoms with Gasteiger partial charge in [0, 0.05) is 31.2 Å². The number of nitrogens with one attached hydrogen (secondary N) is 1. The van der Waals surface area contributed by atoms with Crippen LogP contribution < -0.4 is 11.1 Å². The summed E-state index contributed by atoms with van der Waals surface area (Å²) < 4.78 is 4.17. The molecule has 2 aromatic rings. The van der Waals surface area contributed by atoms with Gasteiger partial charge in [0.15, 0.2) is 0 Å². The van der Waals surface area contributed by atoms with Crippen molar-refractivity contribution >= 4 is 22.6 Å². The van der Waals surface area contributed by atoms with Crippen molar-refractivity contribution in [1.29, 1.82) is 0 Å². The Kier molecular flexibility index (Phi) is 5.42. The molecule has 0 saturated carbocycles. The average molecular weight is 345 g/mol. The number of anilines is 1. The molecular weight excluding hydrogens is 322 g/mol. The average Bonchev–Trinajstić information content (AvgIpc) is 2.99. The van der Waals surface area contributed by atoms with Gasteiger partial charge in [0.05, 0.1) is 5.92 Å². The Morgan fingerprint density at radius 2 is 2.29 bits per heavy atom. The normalized spacial score (nSPS) is 18.5. The van der Waals surface area contributed by atoms with Gasteiger partial charge < -0.3 is 11.1 Å². The van der Waals surface area contributed by atoms with E-state index in [0.29, 0.717) is 0 Å². The van der Waals surface area contributed by atoms with Gasteiger partial charge in [-0.15, -0.1) is 0 Å². The smallest absolute Gasteiger partial charge is 0.221 e. The molecule has 1 aliphatic rings. The number of primary amides is 1. The number of aromatic nitrogens is 2. The largest absolute Gasteiger partial charge is 0.369 e. The second-order valence-corrected chi connectivity index (χ2v) is 7.05. The zero-order valence-electron chi connectivity index (χ0n) is 13.9. The van der Waals surface area contributed by atoms with Crippen LogP contribution in [0, 0.1) is 12.8 Å². The van der Waals surface area contributed by atoms with Gasteiger partial charge in [-0.1, -0.05) is 24.3 Å². The molecule has 1 aromatic heterocycles. The summed E-state index contributed by atoms with van der Waals surface area (Å²) in [6.07, 6.45) is 1.95. The first-order valence-corrected chi connectivity index (χ1v) is 9.01. The van der Waals surface area contributed by atoms with Crippen molar-refractivity contribution in [3.63, 3.8) is 0 Å². The van der Waals surface area contributed by atoms with Crippen molar-refractivity contribution in [3.8, 4) is 0 Å². The van der Waals surface area contributed by atoms with Crippen LogP contribution in [-0.2, 0) is 17.9 Å². The van der Waals surface area contributed by atoms with Gasteiger partial charge in [-0.05, 0) is 37.4 Å². The summed E-state index contributed by atoms with van der Waals surface area (Å²) in [5, 5.41) is 4.15. The lowest BCUT2D eigenvalue weighted by atomic mass is 9.97. The minimum Gasteiger partial charge on any atom is -0.369 e. The topological polar surface area (TPSA) is 84.1 Å². The first kappa shape index (κ1) is 16.9. The molecule has 7 heteroatoms. The molecule has 0 radical (unpaired) electrons. The van der Waals surface area contributed by atoms with E-state index < -0.39 is 0 Å². The summed E-state index contributed by atoms with van der Waals surface area (Å²) in [6, 6.07) is 8.52. The summed E-state index contributed by atoms with van der Waals surface area (Å²) in [4.78, 5) is 18.0. The van der Waals surface area contributed by atoms with Crippen LogP contribution in [0.2, 0.25) is 0 Å². The number of carbonyl (C=O) groups is 1. The first-order chi connectivity index (χ1) is 11.6. The Hall–Kier alpha value is -1.99. The van der Waals surface area contributed by atoms with Crippen molar-refractivity contribution in [1.82, 2.24) is 14.3 Å². The fourth-order valence-electron chi connectivity index (χ4n) is 3.07. The van der Waals surface area contributed by atoms with Gasteiger partial charge in [0.1, 0.15) is 5.82 Å². The minimum absolute atomic E-state index is 0.00996. The number of nitrogens with two attached hydrogens (primary N) is 1. The monoisotopic (exact) mass is 345 g/mol. The SMILES string of the molecule is Cc1nsc(NCc2cccc(CN3CCCC(C(N)=O)C3)c2)n1. The van der Waals surface area contributed by atoms with Crippen LogP contribution in [0.4, 0.5) is 5.13 Å². The summed E-state index contributed by atoms with van der Waals surface area (Å²) >= 11 is 1.38. The third kappa shape index (κ3) is 4.52. The van der Waals surface area contributed by atoms with Gasteiger partial charge in [0.25, 0.3) is 0 Å². The van der Waals surface area contributed by atoms with E-state index in [1.165, 1.54) is 22.7 Å². The second-order valence-electron chi connectivity index (χ2n) is 6.30. The lowest BCUT2D eigenvalue weighted by molar-refractivity contribution is -0.123. The van der Waals surface area contributed by atoms with Crippen LogP contribution in [0.5, 0.6) is 0 Å². The van der Waals surface area contributed by atoms with Crippen LogP contribution in [0.15, 0.2) is 24.3 Å². The number of carbonyl (C=O) groups excluding carboxylic acids is 1. The summed E-state index contributed by atoms with van der Waals surface area (Å²) in [5.41, 5.74) is 7.93. The number of amides is 1. The van der Waals surface area contributed by atoms with Crippen LogP contribution in [0.3, 0.4) is 0 Å². The summed E-state index contributed by atoms with van der Waals surface area (Å²) in [6.45, 7) is 5.26. The minimum atomic E-state index is -0.176. The molecule has 0 spiro atoms. The van der Waals surface area contributed by atoms with Gasteiger partial charge in [-0.3, -0.25) is 9.69 Å². The van der Waals surface area contributed by atoms with E-state index in [1.807, 2.05) is 6.92 Å². The molecule has 6 nitrogen and oxygen atoms in total.